The number of ether oxygens (including phenoxy) is 2. The summed E-state index contributed by atoms with van der Waals surface area (Å²) < 4.78 is 34.6. The zero-order valence-corrected chi connectivity index (χ0v) is 16.3. The molecule has 6 nitrogen and oxygen atoms in total. The smallest absolute Gasteiger partial charge is 0.210 e. The molecule has 0 fully saturated rings. The summed E-state index contributed by atoms with van der Waals surface area (Å²) in [5.41, 5.74) is 0.147. The summed E-state index contributed by atoms with van der Waals surface area (Å²) in [5, 5.41) is 10.1. The molecule has 2 aromatic rings. The van der Waals surface area contributed by atoms with Crippen molar-refractivity contribution in [3.8, 4) is 11.5 Å². The van der Waals surface area contributed by atoms with Gasteiger partial charge in [0.15, 0.2) is 26.9 Å². The van der Waals surface area contributed by atoms with Gasteiger partial charge in [-0.15, -0.1) is 0 Å². The molecule has 0 unspecified atom stereocenters. The highest BCUT2D eigenvalue weighted by Gasteiger charge is 2.43. The number of aromatic hydroxyl groups is 1. The molecule has 142 valence electrons. The lowest BCUT2D eigenvalue weighted by atomic mass is 9.92. The first-order valence-electron chi connectivity index (χ1n) is 8.21. The minimum Gasteiger partial charge on any atom is -0.504 e. The molecule has 3 rings (SSSR count). The minimum absolute atomic E-state index is 0.0909. The maximum atomic E-state index is 13.0. The van der Waals surface area contributed by atoms with E-state index in [9.17, 15) is 18.3 Å². The molecule has 7 heteroatoms. The van der Waals surface area contributed by atoms with Crippen LogP contribution in [-0.4, -0.2) is 38.3 Å². The normalized spacial score (nSPS) is 16.4. The molecule has 0 radical (unpaired) electrons. The van der Waals surface area contributed by atoms with Gasteiger partial charge in [-0.05, 0) is 44.2 Å². The first-order valence-corrected chi connectivity index (χ1v) is 10.1. The van der Waals surface area contributed by atoms with Crippen molar-refractivity contribution in [1.82, 2.24) is 0 Å². The third-order valence-electron chi connectivity index (χ3n) is 4.37. The van der Waals surface area contributed by atoms with Crippen LogP contribution in [0.1, 0.15) is 25.0 Å². The van der Waals surface area contributed by atoms with Crippen molar-refractivity contribution in [3.63, 3.8) is 0 Å². The molecule has 2 aromatic carbocycles. The van der Waals surface area contributed by atoms with Gasteiger partial charge in [-0.3, -0.25) is 4.79 Å². The standard InChI is InChI=1S/C20H20O6S/c1-20(2)19(22)16(14-6-5-7-15(21)18(14)25-3)17(26-20)12-8-10-13(11-9-12)27(4,23)24/h5-11,21H,1-4H3. The van der Waals surface area contributed by atoms with Crippen LogP contribution in [0.3, 0.4) is 0 Å². The summed E-state index contributed by atoms with van der Waals surface area (Å²) >= 11 is 0. The van der Waals surface area contributed by atoms with E-state index >= 15 is 0 Å². The van der Waals surface area contributed by atoms with Crippen LogP contribution < -0.4 is 4.74 Å². The molecule has 0 saturated carbocycles. The fourth-order valence-corrected chi connectivity index (χ4v) is 3.62. The number of benzene rings is 2. The molecule has 0 aliphatic carbocycles. The first kappa shape index (κ1) is 19.0. The van der Waals surface area contributed by atoms with Crippen LogP contribution in [0.5, 0.6) is 11.5 Å². The van der Waals surface area contributed by atoms with Gasteiger partial charge >= 0.3 is 0 Å². The number of phenols is 1. The number of para-hydroxylation sites is 1. The minimum atomic E-state index is -3.34. The third-order valence-corrected chi connectivity index (χ3v) is 5.50. The molecule has 0 bridgehead atoms. The highest BCUT2D eigenvalue weighted by Crippen LogP contribution is 2.45. The van der Waals surface area contributed by atoms with Crippen LogP contribution in [0.2, 0.25) is 0 Å². The Bertz CT molecular complexity index is 1050. The van der Waals surface area contributed by atoms with Crippen molar-refractivity contribution in [2.24, 2.45) is 0 Å². The SMILES string of the molecule is COc1c(O)cccc1C1=C(c2ccc(S(C)(=O)=O)cc2)OC(C)(C)C1=O. The lowest BCUT2D eigenvalue weighted by Gasteiger charge is -2.18. The number of methoxy groups -OCH3 is 1. The van der Waals surface area contributed by atoms with Crippen LogP contribution >= 0.6 is 0 Å². The van der Waals surface area contributed by atoms with E-state index in [1.54, 1.807) is 38.1 Å². The summed E-state index contributed by atoms with van der Waals surface area (Å²) in [6.07, 6.45) is 1.13. The Labute approximate surface area is 158 Å². The Morgan fingerprint density at radius 2 is 1.70 bits per heavy atom. The average molecular weight is 388 g/mol. The van der Waals surface area contributed by atoms with Gasteiger partial charge in [0.1, 0.15) is 5.76 Å². The topological polar surface area (TPSA) is 89.9 Å². The quantitative estimate of drug-likeness (QED) is 0.866. The van der Waals surface area contributed by atoms with Crippen molar-refractivity contribution in [2.45, 2.75) is 24.3 Å². The van der Waals surface area contributed by atoms with E-state index in [4.69, 9.17) is 9.47 Å². The lowest BCUT2D eigenvalue weighted by Crippen LogP contribution is -2.29. The predicted octanol–water partition coefficient (Wildman–Crippen LogP) is 3.05. The number of phenolic OH excluding ortho intramolecular Hbond substituents is 1. The summed E-state index contributed by atoms with van der Waals surface area (Å²) in [6, 6.07) is 10.9. The van der Waals surface area contributed by atoms with Crippen LogP contribution in [-0.2, 0) is 19.4 Å². The predicted molar refractivity (Wildman–Crippen MR) is 101 cm³/mol. The fourth-order valence-electron chi connectivity index (χ4n) is 2.99. The summed E-state index contributed by atoms with van der Waals surface area (Å²) in [7, 11) is -1.93. The van der Waals surface area contributed by atoms with E-state index in [1.807, 2.05) is 0 Å². The molecular formula is C20H20O6S. The van der Waals surface area contributed by atoms with E-state index in [0.29, 0.717) is 16.9 Å². The number of Topliss-reactive ketones (excluding diaryl/α,β-unsaturated/α-hetero) is 1. The lowest BCUT2D eigenvalue weighted by molar-refractivity contribution is -0.125. The van der Waals surface area contributed by atoms with Crippen LogP contribution in [0.25, 0.3) is 11.3 Å². The van der Waals surface area contributed by atoms with Crippen LogP contribution in [0.4, 0.5) is 0 Å². The van der Waals surface area contributed by atoms with Crippen molar-refractivity contribution < 1.29 is 27.8 Å². The molecule has 1 aliphatic heterocycles. The van der Waals surface area contributed by atoms with Gasteiger partial charge in [-0.2, -0.15) is 0 Å². The number of hydrogen-bond donors (Lipinski definition) is 1. The average Bonchev–Trinajstić information content (AvgIpc) is 2.84. The molecule has 0 amide bonds. The Kier molecular flexibility index (Phi) is 4.51. The van der Waals surface area contributed by atoms with Crippen molar-refractivity contribution in [1.29, 1.82) is 0 Å². The monoisotopic (exact) mass is 388 g/mol. The molecule has 1 aliphatic rings. The third kappa shape index (κ3) is 3.30. The summed E-state index contributed by atoms with van der Waals surface area (Å²) in [4.78, 5) is 13.2. The van der Waals surface area contributed by atoms with Gasteiger partial charge in [0.2, 0.25) is 5.78 Å². The Balaban J connectivity index is 2.24. The number of carbonyl (C=O) groups excluding carboxylic acids is 1. The van der Waals surface area contributed by atoms with Crippen molar-refractivity contribution in [2.75, 3.05) is 13.4 Å². The van der Waals surface area contributed by atoms with Gasteiger partial charge in [0.25, 0.3) is 0 Å². The van der Waals surface area contributed by atoms with Crippen LogP contribution in [0, 0.1) is 0 Å². The Morgan fingerprint density at radius 1 is 1.07 bits per heavy atom. The van der Waals surface area contributed by atoms with Crippen LogP contribution in [0.15, 0.2) is 47.4 Å². The van der Waals surface area contributed by atoms with Gasteiger partial charge in [-0.25, -0.2) is 8.42 Å². The molecule has 0 atom stereocenters. The molecule has 1 N–H and O–H groups in total. The number of ketones is 1. The maximum absolute atomic E-state index is 13.0. The second-order valence-electron chi connectivity index (χ2n) is 6.80. The second-order valence-corrected chi connectivity index (χ2v) is 8.82. The Morgan fingerprint density at radius 3 is 2.26 bits per heavy atom. The van der Waals surface area contributed by atoms with Gasteiger partial charge < -0.3 is 14.6 Å². The number of carbonyl (C=O) groups is 1. The van der Waals surface area contributed by atoms with E-state index < -0.39 is 15.4 Å². The molecule has 27 heavy (non-hydrogen) atoms. The number of rotatable bonds is 4. The molecule has 1 heterocycles. The Hall–Kier alpha value is -2.80. The zero-order valence-electron chi connectivity index (χ0n) is 15.4. The molecule has 0 aromatic heterocycles. The second kappa shape index (κ2) is 6.42. The van der Waals surface area contributed by atoms with E-state index in [-0.39, 0.29) is 27.8 Å². The van der Waals surface area contributed by atoms with E-state index in [0.717, 1.165) is 6.26 Å². The van der Waals surface area contributed by atoms with Gasteiger partial charge in [-0.1, -0.05) is 12.1 Å². The number of sulfone groups is 1. The van der Waals surface area contributed by atoms with E-state index in [1.165, 1.54) is 25.3 Å². The summed E-state index contributed by atoms with van der Waals surface area (Å²) in [5.74, 6) is 0.140. The van der Waals surface area contributed by atoms with Gasteiger partial charge in [0, 0.05) is 17.4 Å². The highest BCUT2D eigenvalue weighted by atomic mass is 32.2. The van der Waals surface area contributed by atoms with Crippen molar-refractivity contribution in [3.05, 3.63) is 53.6 Å². The fraction of sp³-hybridized carbons (Fsp3) is 0.250. The van der Waals surface area contributed by atoms with Crippen molar-refractivity contribution >= 4 is 27.0 Å². The van der Waals surface area contributed by atoms with Gasteiger partial charge in [0.05, 0.1) is 17.6 Å². The highest BCUT2D eigenvalue weighted by molar-refractivity contribution is 7.90. The van der Waals surface area contributed by atoms with E-state index in [2.05, 4.69) is 0 Å². The molecule has 0 saturated heterocycles. The number of hydrogen-bond acceptors (Lipinski definition) is 6. The first-order chi connectivity index (χ1) is 12.6. The summed E-state index contributed by atoms with van der Waals surface area (Å²) in [6.45, 7) is 3.31. The zero-order chi connectivity index (χ0) is 20.0. The molecule has 0 spiro atoms. The largest absolute Gasteiger partial charge is 0.504 e. The maximum Gasteiger partial charge on any atom is 0.210 e. The molecular weight excluding hydrogens is 368 g/mol.